The van der Waals surface area contributed by atoms with Crippen LogP contribution in [0.3, 0.4) is 0 Å². The summed E-state index contributed by atoms with van der Waals surface area (Å²) in [6.07, 6.45) is -1.52. The van der Waals surface area contributed by atoms with E-state index in [0.29, 0.717) is 6.42 Å². The number of rotatable bonds is 4. The summed E-state index contributed by atoms with van der Waals surface area (Å²) in [4.78, 5) is 37.9. The van der Waals surface area contributed by atoms with Crippen LogP contribution in [0.4, 0.5) is 18.0 Å². The number of benzene rings is 1. The molecule has 3 rings (SSSR count). The average molecular weight is 398 g/mol. The topological polar surface area (TPSA) is 75.7 Å². The van der Waals surface area contributed by atoms with Crippen molar-refractivity contribution in [2.24, 2.45) is 5.92 Å². The number of esters is 1. The van der Waals surface area contributed by atoms with E-state index in [4.69, 9.17) is 4.74 Å². The first-order chi connectivity index (χ1) is 13.1. The zero-order chi connectivity index (χ0) is 20.5. The second-order valence-electron chi connectivity index (χ2n) is 7.26. The second kappa shape index (κ2) is 7.44. The second-order valence-corrected chi connectivity index (χ2v) is 7.26. The minimum absolute atomic E-state index is 0.0580. The smallest absolute Gasteiger partial charge is 0.416 e. The van der Waals surface area contributed by atoms with Crippen LogP contribution in [0, 0.1) is 5.92 Å². The Kier molecular flexibility index (Phi) is 5.36. The molecule has 3 amide bonds. The van der Waals surface area contributed by atoms with Crippen molar-refractivity contribution in [3.63, 3.8) is 0 Å². The highest BCUT2D eigenvalue weighted by Gasteiger charge is 2.55. The van der Waals surface area contributed by atoms with Crippen LogP contribution >= 0.6 is 0 Å². The molecule has 6 nitrogen and oxygen atoms in total. The third kappa shape index (κ3) is 3.70. The summed E-state index contributed by atoms with van der Waals surface area (Å²) in [6.45, 7) is 0.653. The molecule has 0 bridgehead atoms. The van der Waals surface area contributed by atoms with Crippen molar-refractivity contribution >= 4 is 17.9 Å². The maximum absolute atomic E-state index is 13.0. The van der Waals surface area contributed by atoms with Gasteiger partial charge in [0, 0.05) is 5.56 Å². The van der Waals surface area contributed by atoms with Gasteiger partial charge in [0.1, 0.15) is 18.7 Å². The van der Waals surface area contributed by atoms with Crippen LogP contribution < -0.4 is 5.32 Å². The van der Waals surface area contributed by atoms with Crippen LogP contribution in [0.1, 0.15) is 43.7 Å². The summed E-state index contributed by atoms with van der Waals surface area (Å²) >= 11 is 0. The number of amides is 3. The highest BCUT2D eigenvalue weighted by atomic mass is 19.4. The number of imide groups is 1. The van der Waals surface area contributed by atoms with E-state index < -0.39 is 48.3 Å². The van der Waals surface area contributed by atoms with Crippen molar-refractivity contribution in [2.75, 3.05) is 6.54 Å². The van der Waals surface area contributed by atoms with Gasteiger partial charge in [-0.1, -0.05) is 38.0 Å². The van der Waals surface area contributed by atoms with E-state index in [2.05, 4.69) is 5.32 Å². The molecule has 152 valence electrons. The van der Waals surface area contributed by atoms with Crippen LogP contribution in [0.25, 0.3) is 0 Å². The third-order valence-corrected chi connectivity index (χ3v) is 5.50. The van der Waals surface area contributed by atoms with Gasteiger partial charge in [0.15, 0.2) is 0 Å². The molecule has 28 heavy (non-hydrogen) atoms. The average Bonchev–Trinajstić information content (AvgIpc) is 2.87. The predicted molar refractivity (Wildman–Crippen MR) is 91.8 cm³/mol. The molecule has 1 aliphatic heterocycles. The summed E-state index contributed by atoms with van der Waals surface area (Å²) in [5.74, 6) is -1.48. The maximum Gasteiger partial charge on any atom is 0.416 e. The highest BCUT2D eigenvalue weighted by molar-refractivity contribution is 6.08. The van der Waals surface area contributed by atoms with Crippen LogP contribution in [0.5, 0.6) is 0 Å². The Morgan fingerprint density at radius 2 is 2.00 bits per heavy atom. The van der Waals surface area contributed by atoms with Crippen LogP contribution in [-0.4, -0.2) is 34.9 Å². The molecular formula is C19H21F3N2O4. The van der Waals surface area contributed by atoms with Gasteiger partial charge < -0.3 is 10.1 Å². The zero-order valence-corrected chi connectivity index (χ0v) is 15.3. The SMILES string of the molecule is C[C@@H]1CCCC[C@@]12NC(=O)N(CC(=O)OCc1ccccc1C(F)(F)F)C2=O. The fourth-order valence-electron chi connectivity index (χ4n) is 3.89. The van der Waals surface area contributed by atoms with E-state index in [1.165, 1.54) is 18.2 Å². The molecule has 0 aromatic heterocycles. The molecule has 1 heterocycles. The molecular weight excluding hydrogens is 377 g/mol. The zero-order valence-electron chi connectivity index (χ0n) is 15.3. The number of carbonyl (C=O) groups is 3. The number of alkyl halides is 3. The van der Waals surface area contributed by atoms with Crippen molar-refractivity contribution < 1.29 is 32.3 Å². The van der Waals surface area contributed by atoms with E-state index >= 15 is 0 Å². The normalized spacial score (nSPS) is 25.1. The van der Waals surface area contributed by atoms with Crippen LogP contribution in [0.15, 0.2) is 24.3 Å². The minimum Gasteiger partial charge on any atom is -0.459 e. The number of ether oxygens (including phenoxy) is 1. The standard InChI is InChI=1S/C19H21F3N2O4/c1-12-6-4-5-9-18(12)16(26)24(17(27)23-18)10-15(25)28-11-13-7-2-3-8-14(13)19(20,21)22/h2-3,7-8,12H,4-6,9-11H2,1H3,(H,23,27)/t12-,18-/m1/s1. The van der Waals surface area contributed by atoms with Gasteiger partial charge in [0.2, 0.25) is 0 Å². The predicted octanol–water partition coefficient (Wildman–Crippen LogP) is 3.25. The highest BCUT2D eigenvalue weighted by Crippen LogP contribution is 2.38. The van der Waals surface area contributed by atoms with Gasteiger partial charge in [-0.05, 0) is 24.8 Å². The molecule has 1 saturated carbocycles. The van der Waals surface area contributed by atoms with Crippen molar-refractivity contribution in [1.29, 1.82) is 0 Å². The fraction of sp³-hybridized carbons (Fsp3) is 0.526. The number of carbonyl (C=O) groups excluding carboxylic acids is 3. The Morgan fingerprint density at radius 3 is 2.68 bits per heavy atom. The third-order valence-electron chi connectivity index (χ3n) is 5.50. The molecule has 1 N–H and O–H groups in total. The van der Waals surface area contributed by atoms with Crippen molar-refractivity contribution in [1.82, 2.24) is 10.2 Å². The van der Waals surface area contributed by atoms with Gasteiger partial charge in [-0.3, -0.25) is 14.5 Å². The lowest BCUT2D eigenvalue weighted by molar-refractivity contribution is -0.150. The number of urea groups is 1. The first-order valence-electron chi connectivity index (χ1n) is 9.10. The van der Waals surface area contributed by atoms with E-state index in [1.807, 2.05) is 6.92 Å². The van der Waals surface area contributed by atoms with Gasteiger partial charge in [0.05, 0.1) is 5.56 Å². The van der Waals surface area contributed by atoms with E-state index in [9.17, 15) is 27.6 Å². The Balaban J connectivity index is 1.65. The Bertz CT molecular complexity index is 796. The number of hydrogen-bond donors (Lipinski definition) is 1. The molecule has 2 atom stereocenters. The molecule has 1 aliphatic carbocycles. The fourth-order valence-corrected chi connectivity index (χ4v) is 3.89. The molecule has 0 unspecified atom stereocenters. The van der Waals surface area contributed by atoms with E-state index in [0.717, 1.165) is 30.2 Å². The molecule has 0 radical (unpaired) electrons. The van der Waals surface area contributed by atoms with Gasteiger partial charge in [-0.15, -0.1) is 0 Å². The first kappa shape index (κ1) is 20.2. The quantitative estimate of drug-likeness (QED) is 0.624. The molecule has 1 saturated heterocycles. The lowest BCUT2D eigenvalue weighted by atomic mass is 9.73. The first-order valence-corrected chi connectivity index (χ1v) is 9.10. The largest absolute Gasteiger partial charge is 0.459 e. The minimum atomic E-state index is -4.57. The molecule has 2 fully saturated rings. The number of hydrogen-bond acceptors (Lipinski definition) is 4. The van der Waals surface area contributed by atoms with Crippen LogP contribution in [-0.2, 0) is 27.1 Å². The molecule has 9 heteroatoms. The van der Waals surface area contributed by atoms with Crippen molar-refractivity contribution in [3.05, 3.63) is 35.4 Å². The van der Waals surface area contributed by atoms with Crippen molar-refractivity contribution in [2.45, 2.75) is 50.9 Å². The van der Waals surface area contributed by atoms with Gasteiger partial charge in [0.25, 0.3) is 5.91 Å². The molecule has 1 aromatic rings. The Labute approximate surface area is 160 Å². The Hall–Kier alpha value is -2.58. The monoisotopic (exact) mass is 398 g/mol. The van der Waals surface area contributed by atoms with E-state index in [-0.39, 0.29) is 11.5 Å². The lowest BCUT2D eigenvalue weighted by Gasteiger charge is -2.36. The Morgan fingerprint density at radius 1 is 1.29 bits per heavy atom. The molecule has 1 aromatic carbocycles. The molecule has 1 spiro atoms. The number of halogens is 3. The summed E-state index contributed by atoms with van der Waals surface area (Å²) < 4.78 is 43.9. The summed E-state index contributed by atoms with van der Waals surface area (Å²) in [6, 6.07) is 4.08. The summed E-state index contributed by atoms with van der Waals surface area (Å²) in [5, 5.41) is 2.71. The van der Waals surface area contributed by atoms with Gasteiger partial charge >= 0.3 is 18.2 Å². The maximum atomic E-state index is 13.0. The molecule has 2 aliphatic rings. The summed E-state index contributed by atoms with van der Waals surface area (Å²) in [5.41, 5.74) is -2.09. The van der Waals surface area contributed by atoms with E-state index in [1.54, 1.807) is 0 Å². The van der Waals surface area contributed by atoms with Gasteiger partial charge in [-0.25, -0.2) is 4.79 Å². The summed E-state index contributed by atoms with van der Waals surface area (Å²) in [7, 11) is 0. The number of nitrogens with zero attached hydrogens (tertiary/aromatic N) is 1. The lowest BCUT2D eigenvalue weighted by Crippen LogP contribution is -2.54. The van der Waals surface area contributed by atoms with Gasteiger partial charge in [-0.2, -0.15) is 13.2 Å². The number of nitrogens with one attached hydrogen (secondary N) is 1. The van der Waals surface area contributed by atoms with Crippen molar-refractivity contribution in [3.8, 4) is 0 Å². The van der Waals surface area contributed by atoms with Crippen LogP contribution in [0.2, 0.25) is 0 Å².